The molecule has 0 unspecified atom stereocenters. The molecule has 0 aromatic rings. The van der Waals surface area contributed by atoms with Crippen LogP contribution in [0.25, 0.3) is 0 Å². The Labute approximate surface area is 125 Å². The maximum atomic E-state index is 7.42. The van der Waals surface area contributed by atoms with Gasteiger partial charge in [0.05, 0.1) is 0 Å². The Bertz CT molecular complexity index is 380. The number of hydrogen-bond acceptors (Lipinski definition) is 0. The third-order valence-electron chi connectivity index (χ3n) is 3.06. The second-order valence-electron chi connectivity index (χ2n) is 6.75. The van der Waals surface area contributed by atoms with Crippen molar-refractivity contribution >= 4 is 0 Å². The van der Waals surface area contributed by atoms with Crippen molar-refractivity contribution in [1.29, 1.82) is 0 Å². The average Bonchev–Trinajstić information content (AvgIpc) is 2.37. The van der Waals surface area contributed by atoms with Crippen molar-refractivity contribution in [3.8, 4) is 5.92 Å². The van der Waals surface area contributed by atoms with E-state index in [0.29, 0.717) is 0 Å². The molecule has 92 valence electrons. The van der Waals surface area contributed by atoms with Crippen molar-refractivity contribution in [2.45, 2.75) is 41.5 Å². The third kappa shape index (κ3) is 4.57. The summed E-state index contributed by atoms with van der Waals surface area (Å²) in [5.41, 5.74) is 2.79. The molecule has 0 saturated carbocycles. The number of rotatable bonds is 0. The standard InChI is InChI=1S/C17H23.Li/c1-8-13-11-14(16(2,3)4)9-10-15(12-13)17(5,6)7;/h9-13H,2-7H3;/q-1;+1. The molecule has 0 spiro atoms. The van der Waals surface area contributed by atoms with Crippen molar-refractivity contribution in [2.75, 3.05) is 0 Å². The van der Waals surface area contributed by atoms with Gasteiger partial charge < -0.3 is 12.3 Å². The molecule has 0 fully saturated rings. The quantitative estimate of drug-likeness (QED) is 0.340. The largest absolute Gasteiger partial charge is 1.00 e. The van der Waals surface area contributed by atoms with E-state index in [1.807, 2.05) is 0 Å². The van der Waals surface area contributed by atoms with E-state index in [4.69, 9.17) is 6.42 Å². The van der Waals surface area contributed by atoms with Gasteiger partial charge in [-0.2, -0.15) is 0 Å². The minimum Gasteiger partial charge on any atom is -0.693 e. The summed E-state index contributed by atoms with van der Waals surface area (Å²) in [7, 11) is 0. The Morgan fingerprint density at radius 1 is 0.889 bits per heavy atom. The van der Waals surface area contributed by atoms with Gasteiger partial charge in [-0.25, -0.2) is 0 Å². The molecule has 0 heterocycles. The Balaban J connectivity index is 0.00000289. The minimum absolute atomic E-state index is 0. The second kappa shape index (κ2) is 6.01. The van der Waals surface area contributed by atoms with Crippen LogP contribution in [0.4, 0.5) is 0 Å². The molecule has 0 bridgehead atoms. The molecule has 0 aromatic heterocycles. The summed E-state index contributed by atoms with van der Waals surface area (Å²) in [5, 5.41) is 0. The predicted molar refractivity (Wildman–Crippen MR) is 74.8 cm³/mol. The molecule has 0 aliphatic heterocycles. The maximum Gasteiger partial charge on any atom is 1.00 e. The maximum absolute atomic E-state index is 7.42. The van der Waals surface area contributed by atoms with Crippen molar-refractivity contribution in [2.24, 2.45) is 16.7 Å². The van der Waals surface area contributed by atoms with Crippen LogP contribution in [0.5, 0.6) is 0 Å². The van der Waals surface area contributed by atoms with Crippen molar-refractivity contribution in [3.63, 3.8) is 0 Å². The van der Waals surface area contributed by atoms with Crippen LogP contribution < -0.4 is 18.9 Å². The summed E-state index contributed by atoms with van der Waals surface area (Å²) in [6, 6.07) is 0. The summed E-state index contributed by atoms with van der Waals surface area (Å²) in [6.07, 6.45) is 16.1. The van der Waals surface area contributed by atoms with E-state index in [1.54, 1.807) is 0 Å². The molecule has 1 aliphatic carbocycles. The second-order valence-corrected chi connectivity index (χ2v) is 6.75. The number of allylic oxidation sites excluding steroid dienone is 6. The van der Waals surface area contributed by atoms with Crippen LogP contribution in [0.3, 0.4) is 0 Å². The monoisotopic (exact) mass is 234 g/mol. The predicted octanol–water partition coefficient (Wildman–Crippen LogP) is 1.71. The van der Waals surface area contributed by atoms with Crippen LogP contribution in [-0.2, 0) is 0 Å². The van der Waals surface area contributed by atoms with Gasteiger partial charge in [0.15, 0.2) is 0 Å². The average molecular weight is 234 g/mol. The molecule has 0 N–H and O–H groups in total. The third-order valence-corrected chi connectivity index (χ3v) is 3.06. The van der Waals surface area contributed by atoms with Crippen LogP contribution in [0.15, 0.2) is 35.5 Å². The van der Waals surface area contributed by atoms with Crippen LogP contribution in [0, 0.1) is 29.1 Å². The van der Waals surface area contributed by atoms with E-state index < -0.39 is 0 Å². The smallest absolute Gasteiger partial charge is 0.693 e. The molecule has 0 radical (unpaired) electrons. The summed E-state index contributed by atoms with van der Waals surface area (Å²) < 4.78 is 0. The summed E-state index contributed by atoms with van der Waals surface area (Å²) in [4.78, 5) is 0. The molecule has 0 amide bonds. The van der Waals surface area contributed by atoms with Gasteiger partial charge >= 0.3 is 18.9 Å². The van der Waals surface area contributed by atoms with E-state index in [-0.39, 0.29) is 35.6 Å². The first-order chi connectivity index (χ1) is 7.64. The minimum atomic E-state index is -0.00606. The fraction of sp³-hybridized carbons (Fsp3) is 0.529. The summed E-state index contributed by atoms with van der Waals surface area (Å²) in [6.45, 7) is 13.2. The molecule has 0 atom stereocenters. The SMILES string of the molecule is [C-]#CC1C=C(C(C)(C)C)C=CC(C(C)(C)C)=C1.[Li+]. The molecule has 1 aliphatic rings. The van der Waals surface area contributed by atoms with Gasteiger partial charge in [0.25, 0.3) is 0 Å². The van der Waals surface area contributed by atoms with E-state index in [0.717, 1.165) is 0 Å². The van der Waals surface area contributed by atoms with Crippen molar-refractivity contribution in [3.05, 3.63) is 41.9 Å². The molecule has 0 aromatic carbocycles. The van der Waals surface area contributed by atoms with Crippen LogP contribution in [0.2, 0.25) is 0 Å². The first kappa shape index (κ1) is 17.4. The van der Waals surface area contributed by atoms with Gasteiger partial charge in [-0.15, -0.1) is 0 Å². The van der Waals surface area contributed by atoms with Gasteiger partial charge in [-0.1, -0.05) is 65.8 Å². The molecule has 1 rings (SSSR count). The van der Waals surface area contributed by atoms with Gasteiger partial charge in [-0.05, 0) is 22.0 Å². The van der Waals surface area contributed by atoms with E-state index in [2.05, 4.69) is 71.8 Å². The van der Waals surface area contributed by atoms with Crippen LogP contribution in [0.1, 0.15) is 41.5 Å². The fourth-order valence-electron chi connectivity index (χ4n) is 1.81. The molecule has 0 saturated heterocycles. The Kier molecular flexibility index (Phi) is 5.81. The van der Waals surface area contributed by atoms with E-state index >= 15 is 0 Å². The fourth-order valence-corrected chi connectivity index (χ4v) is 1.81. The van der Waals surface area contributed by atoms with Crippen LogP contribution in [-0.4, -0.2) is 0 Å². The van der Waals surface area contributed by atoms with E-state index in [1.165, 1.54) is 11.1 Å². The van der Waals surface area contributed by atoms with Crippen molar-refractivity contribution in [1.82, 2.24) is 0 Å². The number of hydrogen-bond donors (Lipinski definition) is 0. The molecule has 18 heavy (non-hydrogen) atoms. The van der Waals surface area contributed by atoms with Gasteiger partial charge in [0, 0.05) is 5.92 Å². The van der Waals surface area contributed by atoms with Gasteiger partial charge in [0.1, 0.15) is 0 Å². The normalized spacial score (nSPS) is 17.2. The first-order valence-electron chi connectivity index (χ1n) is 6.19. The summed E-state index contributed by atoms with van der Waals surface area (Å²) in [5.74, 6) is 2.60. The summed E-state index contributed by atoms with van der Waals surface area (Å²) >= 11 is 0. The zero-order valence-corrected chi connectivity index (χ0v) is 12.9. The zero-order valence-electron chi connectivity index (χ0n) is 12.9. The van der Waals surface area contributed by atoms with Crippen LogP contribution >= 0.6 is 0 Å². The topological polar surface area (TPSA) is 0 Å². The Morgan fingerprint density at radius 3 is 1.44 bits per heavy atom. The van der Waals surface area contributed by atoms with E-state index in [9.17, 15) is 0 Å². The zero-order chi connectivity index (χ0) is 13.3. The Hall–Kier alpha value is -0.623. The molecular weight excluding hydrogens is 211 g/mol. The first-order valence-corrected chi connectivity index (χ1v) is 6.19. The van der Waals surface area contributed by atoms with Crippen molar-refractivity contribution < 1.29 is 18.9 Å². The molecule has 1 heteroatoms. The molecule has 0 nitrogen and oxygen atoms in total. The Morgan fingerprint density at radius 2 is 1.22 bits per heavy atom. The molecular formula is C17H23Li. The van der Waals surface area contributed by atoms with Gasteiger partial charge in [-0.3, -0.25) is 0 Å². The van der Waals surface area contributed by atoms with Gasteiger partial charge in [0.2, 0.25) is 0 Å².